The van der Waals surface area contributed by atoms with Gasteiger partial charge in [-0.05, 0) is 18.2 Å². The number of aryl methyl sites for hydroxylation is 1. The van der Waals surface area contributed by atoms with Crippen molar-refractivity contribution in [2.45, 2.75) is 13.0 Å². The predicted octanol–water partition coefficient (Wildman–Crippen LogP) is 1.44. The molecule has 0 bridgehead atoms. The topological polar surface area (TPSA) is 114 Å². The number of anilines is 1. The summed E-state index contributed by atoms with van der Waals surface area (Å²) < 4.78 is 1.22. The van der Waals surface area contributed by atoms with Gasteiger partial charge in [-0.2, -0.15) is 0 Å². The van der Waals surface area contributed by atoms with Crippen LogP contribution in [0.15, 0.2) is 53.3 Å². The Balaban J connectivity index is 1.35. The second-order valence-corrected chi connectivity index (χ2v) is 7.03. The van der Waals surface area contributed by atoms with Crippen molar-refractivity contribution in [2.75, 3.05) is 31.1 Å². The summed E-state index contributed by atoms with van der Waals surface area (Å²) in [7, 11) is 0. The van der Waals surface area contributed by atoms with Gasteiger partial charge in [-0.1, -0.05) is 23.4 Å². The second-order valence-electron chi connectivity index (χ2n) is 7.03. The van der Waals surface area contributed by atoms with Gasteiger partial charge >= 0.3 is 0 Å². The maximum absolute atomic E-state index is 12.6. The molecular formula is C20H20N6O4. The highest BCUT2D eigenvalue weighted by atomic mass is 16.6. The molecule has 1 aliphatic heterocycles. The molecule has 2 heterocycles. The van der Waals surface area contributed by atoms with Crippen LogP contribution in [0.4, 0.5) is 11.4 Å². The van der Waals surface area contributed by atoms with Gasteiger partial charge in [0, 0.05) is 50.4 Å². The number of hydrogen-bond acceptors (Lipinski definition) is 7. The molecule has 1 aromatic heterocycles. The van der Waals surface area contributed by atoms with E-state index in [9.17, 15) is 19.7 Å². The van der Waals surface area contributed by atoms with Crippen LogP contribution in [0.5, 0.6) is 0 Å². The Morgan fingerprint density at radius 1 is 1.07 bits per heavy atom. The van der Waals surface area contributed by atoms with Gasteiger partial charge in [-0.15, -0.1) is 5.10 Å². The van der Waals surface area contributed by atoms with E-state index in [4.69, 9.17) is 0 Å². The standard InChI is InChI=1S/C20H20N6O4/c27-19(8-9-25-20(28)17-6-1-2-7-18(17)21-22-25)24-12-10-23(11-13-24)15-4-3-5-16(14-15)26(29)30/h1-7,14H,8-13H2. The minimum Gasteiger partial charge on any atom is -0.368 e. The maximum atomic E-state index is 12.6. The summed E-state index contributed by atoms with van der Waals surface area (Å²) in [4.78, 5) is 39.4. The number of rotatable bonds is 5. The molecule has 10 heteroatoms. The average Bonchev–Trinajstić information content (AvgIpc) is 2.79. The molecule has 10 nitrogen and oxygen atoms in total. The molecule has 1 aliphatic rings. The number of hydrogen-bond donors (Lipinski definition) is 0. The van der Waals surface area contributed by atoms with E-state index in [1.165, 1.54) is 10.7 Å². The minimum absolute atomic E-state index is 0.0490. The Hall–Kier alpha value is -3.82. The van der Waals surface area contributed by atoms with Crippen LogP contribution in [-0.2, 0) is 11.3 Å². The molecule has 0 spiro atoms. The van der Waals surface area contributed by atoms with Crippen LogP contribution in [-0.4, -0.2) is 56.9 Å². The summed E-state index contributed by atoms with van der Waals surface area (Å²) in [6, 6.07) is 13.5. The van der Waals surface area contributed by atoms with Gasteiger partial charge in [0.2, 0.25) is 5.91 Å². The number of fused-ring (bicyclic) bond motifs is 1. The zero-order chi connectivity index (χ0) is 21.1. The third kappa shape index (κ3) is 3.97. The molecule has 154 valence electrons. The van der Waals surface area contributed by atoms with Gasteiger partial charge < -0.3 is 9.80 Å². The third-order valence-corrected chi connectivity index (χ3v) is 5.20. The van der Waals surface area contributed by atoms with Crippen LogP contribution in [0.3, 0.4) is 0 Å². The van der Waals surface area contributed by atoms with E-state index in [0.717, 1.165) is 5.69 Å². The molecule has 30 heavy (non-hydrogen) atoms. The van der Waals surface area contributed by atoms with Crippen LogP contribution in [0.1, 0.15) is 6.42 Å². The van der Waals surface area contributed by atoms with Crippen molar-refractivity contribution in [3.05, 3.63) is 69.0 Å². The molecule has 0 radical (unpaired) electrons. The van der Waals surface area contributed by atoms with Crippen LogP contribution in [0.2, 0.25) is 0 Å². The normalized spacial score (nSPS) is 14.1. The summed E-state index contributed by atoms with van der Waals surface area (Å²) in [6.45, 7) is 2.37. The molecule has 1 fully saturated rings. The lowest BCUT2D eigenvalue weighted by Gasteiger charge is -2.36. The molecule has 0 unspecified atom stereocenters. The molecule has 0 aliphatic carbocycles. The first-order valence-corrected chi connectivity index (χ1v) is 9.62. The first-order valence-electron chi connectivity index (χ1n) is 9.62. The van der Waals surface area contributed by atoms with Crippen molar-refractivity contribution in [3.8, 4) is 0 Å². The van der Waals surface area contributed by atoms with Gasteiger partial charge in [0.15, 0.2) is 0 Å². The number of nitrogens with zero attached hydrogens (tertiary/aromatic N) is 6. The van der Waals surface area contributed by atoms with Crippen LogP contribution in [0.25, 0.3) is 10.9 Å². The van der Waals surface area contributed by atoms with Crippen molar-refractivity contribution in [1.82, 2.24) is 19.9 Å². The number of nitro benzene ring substituents is 1. The number of carbonyl (C=O) groups excluding carboxylic acids is 1. The first kappa shape index (κ1) is 19.5. The molecule has 0 atom stereocenters. The summed E-state index contributed by atoms with van der Waals surface area (Å²) in [5.74, 6) is -0.0597. The molecule has 3 aromatic rings. The Labute approximate surface area is 171 Å². The molecular weight excluding hydrogens is 388 g/mol. The van der Waals surface area contributed by atoms with Crippen molar-refractivity contribution in [3.63, 3.8) is 0 Å². The Bertz CT molecular complexity index is 1150. The SMILES string of the molecule is O=C(CCn1nnc2ccccc2c1=O)N1CCN(c2cccc([N+](=O)[O-])c2)CC1. The van der Waals surface area contributed by atoms with Gasteiger partial charge in [0.05, 0.1) is 16.9 Å². The van der Waals surface area contributed by atoms with E-state index in [2.05, 4.69) is 10.3 Å². The monoisotopic (exact) mass is 408 g/mol. The lowest BCUT2D eigenvalue weighted by Crippen LogP contribution is -2.49. The number of aromatic nitrogens is 3. The van der Waals surface area contributed by atoms with Gasteiger partial charge in [0.1, 0.15) is 5.52 Å². The highest BCUT2D eigenvalue weighted by molar-refractivity contribution is 5.77. The fourth-order valence-corrected chi connectivity index (χ4v) is 3.55. The maximum Gasteiger partial charge on any atom is 0.277 e. The summed E-state index contributed by atoms with van der Waals surface area (Å²) in [5, 5.41) is 19.4. The van der Waals surface area contributed by atoms with Gasteiger partial charge in [0.25, 0.3) is 11.2 Å². The lowest BCUT2D eigenvalue weighted by atomic mass is 10.2. The molecule has 2 aromatic carbocycles. The van der Waals surface area contributed by atoms with Crippen molar-refractivity contribution < 1.29 is 9.72 Å². The number of carbonyl (C=O) groups is 1. The van der Waals surface area contributed by atoms with Gasteiger partial charge in [-0.25, -0.2) is 4.68 Å². The van der Waals surface area contributed by atoms with Crippen LogP contribution >= 0.6 is 0 Å². The molecule has 0 N–H and O–H groups in total. The molecule has 1 amide bonds. The first-order chi connectivity index (χ1) is 14.5. The van der Waals surface area contributed by atoms with Crippen molar-refractivity contribution in [1.29, 1.82) is 0 Å². The van der Waals surface area contributed by atoms with Gasteiger partial charge in [-0.3, -0.25) is 19.7 Å². The number of non-ortho nitro benzene ring substituents is 1. The zero-order valence-electron chi connectivity index (χ0n) is 16.2. The largest absolute Gasteiger partial charge is 0.368 e. The zero-order valence-corrected chi connectivity index (χ0v) is 16.2. The second kappa shape index (κ2) is 8.27. The molecule has 1 saturated heterocycles. The number of piperazine rings is 1. The summed E-state index contributed by atoms with van der Waals surface area (Å²) in [6.07, 6.45) is 0.156. The number of nitro groups is 1. The summed E-state index contributed by atoms with van der Waals surface area (Å²) >= 11 is 0. The van der Waals surface area contributed by atoms with E-state index in [0.29, 0.717) is 37.1 Å². The van der Waals surface area contributed by atoms with E-state index < -0.39 is 4.92 Å². The average molecular weight is 408 g/mol. The fourth-order valence-electron chi connectivity index (χ4n) is 3.55. The van der Waals surface area contributed by atoms with E-state index in [1.807, 2.05) is 11.0 Å². The Morgan fingerprint density at radius 2 is 1.83 bits per heavy atom. The van der Waals surface area contributed by atoms with Crippen LogP contribution < -0.4 is 10.5 Å². The van der Waals surface area contributed by atoms with E-state index in [1.54, 1.807) is 41.3 Å². The summed E-state index contributed by atoms with van der Waals surface area (Å²) in [5.41, 5.74) is 1.09. The molecule has 0 saturated carbocycles. The molecule has 4 rings (SSSR count). The van der Waals surface area contributed by atoms with E-state index >= 15 is 0 Å². The number of benzene rings is 2. The minimum atomic E-state index is -0.416. The smallest absolute Gasteiger partial charge is 0.277 e. The highest BCUT2D eigenvalue weighted by Crippen LogP contribution is 2.22. The Morgan fingerprint density at radius 3 is 2.60 bits per heavy atom. The number of amides is 1. The fraction of sp³-hybridized carbons (Fsp3) is 0.300. The predicted molar refractivity (Wildman–Crippen MR) is 110 cm³/mol. The van der Waals surface area contributed by atoms with Crippen molar-refractivity contribution >= 4 is 28.2 Å². The Kier molecular flexibility index (Phi) is 5.38. The third-order valence-electron chi connectivity index (χ3n) is 5.20. The van der Waals surface area contributed by atoms with Crippen molar-refractivity contribution in [2.24, 2.45) is 0 Å². The van der Waals surface area contributed by atoms with Crippen LogP contribution in [0, 0.1) is 10.1 Å². The van der Waals surface area contributed by atoms with E-state index in [-0.39, 0.29) is 30.1 Å². The lowest BCUT2D eigenvalue weighted by molar-refractivity contribution is -0.384. The quantitative estimate of drug-likeness (QED) is 0.463. The highest BCUT2D eigenvalue weighted by Gasteiger charge is 2.22.